The van der Waals surface area contributed by atoms with Gasteiger partial charge in [0.05, 0.1) is 7.11 Å². The van der Waals surface area contributed by atoms with Crippen LogP contribution in [-0.4, -0.2) is 42.0 Å². The van der Waals surface area contributed by atoms with Crippen molar-refractivity contribution in [2.75, 3.05) is 20.2 Å². The number of ether oxygens (including phenoxy) is 2. The quantitative estimate of drug-likeness (QED) is 0.558. The van der Waals surface area contributed by atoms with Gasteiger partial charge in [-0.05, 0) is 54.8 Å². The fourth-order valence-electron chi connectivity index (χ4n) is 3.95. The van der Waals surface area contributed by atoms with E-state index in [1.165, 1.54) is 13.2 Å². The van der Waals surface area contributed by atoms with Gasteiger partial charge in [-0.25, -0.2) is 4.39 Å². The molecule has 3 aromatic rings. The van der Waals surface area contributed by atoms with Crippen LogP contribution in [0.5, 0.6) is 11.5 Å². The lowest BCUT2D eigenvalue weighted by Crippen LogP contribution is -2.44. The Bertz CT molecular complexity index is 1070. The first-order valence-electron chi connectivity index (χ1n) is 11.1. The summed E-state index contributed by atoms with van der Waals surface area (Å²) in [6, 6.07) is 16.2. The number of amides is 1. The molecule has 1 aliphatic rings. The Morgan fingerprint density at radius 1 is 1.12 bits per heavy atom. The Hall–Kier alpha value is -3.45. The van der Waals surface area contributed by atoms with Crippen LogP contribution in [0.1, 0.15) is 34.3 Å². The van der Waals surface area contributed by atoms with Crippen LogP contribution in [0.4, 0.5) is 4.39 Å². The van der Waals surface area contributed by atoms with Crippen LogP contribution in [-0.2, 0) is 13.2 Å². The normalized spacial score (nSPS) is 14.6. The maximum Gasteiger partial charge on any atom is 0.251 e. The number of carbonyl (C=O) groups is 1. The van der Waals surface area contributed by atoms with Crippen molar-refractivity contribution in [3.05, 3.63) is 89.5 Å². The van der Waals surface area contributed by atoms with Crippen molar-refractivity contribution in [1.82, 2.24) is 15.2 Å². The Kier molecular flexibility index (Phi) is 7.52. The van der Waals surface area contributed by atoms with Crippen LogP contribution in [0.3, 0.4) is 0 Å². The van der Waals surface area contributed by atoms with Gasteiger partial charge in [0, 0.05) is 49.2 Å². The van der Waals surface area contributed by atoms with Gasteiger partial charge in [-0.2, -0.15) is 0 Å². The molecule has 0 radical (unpaired) electrons. The molecule has 33 heavy (non-hydrogen) atoms. The Morgan fingerprint density at radius 2 is 1.97 bits per heavy atom. The summed E-state index contributed by atoms with van der Waals surface area (Å²) < 4.78 is 24.7. The number of nitrogens with one attached hydrogen (secondary N) is 1. The van der Waals surface area contributed by atoms with Crippen LogP contribution in [0.15, 0.2) is 67.0 Å². The Labute approximate surface area is 193 Å². The number of methoxy groups -OCH3 is 1. The number of likely N-dealkylation sites (tertiary alicyclic amines) is 1. The first-order chi connectivity index (χ1) is 16.1. The maximum atomic E-state index is 13.9. The highest BCUT2D eigenvalue weighted by molar-refractivity contribution is 5.94. The molecule has 4 rings (SSSR count). The zero-order valence-corrected chi connectivity index (χ0v) is 18.7. The number of rotatable bonds is 8. The van der Waals surface area contributed by atoms with Crippen molar-refractivity contribution >= 4 is 5.91 Å². The molecule has 7 heteroatoms. The summed E-state index contributed by atoms with van der Waals surface area (Å²) in [6.07, 6.45) is 5.18. The molecule has 0 unspecified atom stereocenters. The summed E-state index contributed by atoms with van der Waals surface area (Å²) in [5.41, 5.74) is 2.46. The zero-order valence-electron chi connectivity index (χ0n) is 18.7. The van der Waals surface area contributed by atoms with E-state index in [0.717, 1.165) is 37.1 Å². The zero-order chi connectivity index (χ0) is 23.0. The number of piperidine rings is 1. The highest BCUT2D eigenvalue weighted by Gasteiger charge is 2.21. The van der Waals surface area contributed by atoms with E-state index in [1.54, 1.807) is 30.6 Å². The third-order valence-electron chi connectivity index (χ3n) is 5.77. The summed E-state index contributed by atoms with van der Waals surface area (Å²) in [7, 11) is 1.46. The van der Waals surface area contributed by atoms with Crippen molar-refractivity contribution in [2.45, 2.75) is 32.0 Å². The van der Waals surface area contributed by atoms with Crippen LogP contribution >= 0.6 is 0 Å². The molecule has 0 aliphatic carbocycles. The molecule has 1 N–H and O–H groups in total. The molecule has 172 valence electrons. The third-order valence-corrected chi connectivity index (χ3v) is 5.77. The Morgan fingerprint density at radius 3 is 2.70 bits per heavy atom. The highest BCUT2D eigenvalue weighted by Crippen LogP contribution is 2.21. The number of hydrogen-bond donors (Lipinski definition) is 1. The molecule has 6 nitrogen and oxygen atoms in total. The number of aromatic nitrogens is 1. The van der Waals surface area contributed by atoms with Crippen molar-refractivity contribution in [3.63, 3.8) is 0 Å². The predicted octanol–water partition coefficient (Wildman–Crippen LogP) is 4.20. The topological polar surface area (TPSA) is 63.7 Å². The van der Waals surface area contributed by atoms with E-state index < -0.39 is 0 Å². The minimum atomic E-state index is -0.344. The highest BCUT2D eigenvalue weighted by atomic mass is 19.1. The molecular formula is C26H28FN3O3. The molecule has 1 saturated heterocycles. The van der Waals surface area contributed by atoms with E-state index >= 15 is 0 Å². The standard InChI is InChI=1S/C26H28FN3O3/c1-32-25-8-7-19(14-24(25)27)17-30-12-9-22(10-13-30)29-26(31)21-5-2-6-23(15-21)33-18-20-4-3-11-28-16-20/h2-8,11,14-16,22H,9-10,12-13,17-18H2,1H3,(H,29,31). The van der Waals surface area contributed by atoms with Crippen LogP contribution in [0, 0.1) is 5.82 Å². The van der Waals surface area contributed by atoms with E-state index in [2.05, 4.69) is 15.2 Å². The second kappa shape index (κ2) is 10.9. The van der Waals surface area contributed by atoms with Crippen molar-refractivity contribution in [1.29, 1.82) is 0 Å². The van der Waals surface area contributed by atoms with E-state index in [1.807, 2.05) is 30.3 Å². The van der Waals surface area contributed by atoms with Gasteiger partial charge in [-0.1, -0.05) is 18.2 Å². The first kappa shape index (κ1) is 22.7. The smallest absolute Gasteiger partial charge is 0.251 e. The van der Waals surface area contributed by atoms with Gasteiger partial charge >= 0.3 is 0 Å². The van der Waals surface area contributed by atoms with Crippen LogP contribution in [0.25, 0.3) is 0 Å². The average molecular weight is 450 g/mol. The van der Waals surface area contributed by atoms with Gasteiger partial charge in [-0.3, -0.25) is 14.7 Å². The second-order valence-electron chi connectivity index (χ2n) is 8.17. The minimum absolute atomic E-state index is 0.0995. The lowest BCUT2D eigenvalue weighted by molar-refractivity contribution is 0.0908. The Balaban J connectivity index is 1.25. The molecule has 2 heterocycles. The minimum Gasteiger partial charge on any atom is -0.494 e. The van der Waals surface area contributed by atoms with Crippen molar-refractivity contribution in [2.24, 2.45) is 0 Å². The van der Waals surface area contributed by atoms with E-state index in [9.17, 15) is 9.18 Å². The van der Waals surface area contributed by atoms with Gasteiger partial charge in [0.2, 0.25) is 0 Å². The van der Waals surface area contributed by atoms with E-state index in [0.29, 0.717) is 24.5 Å². The molecule has 0 spiro atoms. The molecule has 0 saturated carbocycles. The molecule has 0 atom stereocenters. The number of halogens is 1. The second-order valence-corrected chi connectivity index (χ2v) is 8.17. The molecule has 2 aromatic carbocycles. The molecule has 0 bridgehead atoms. The van der Waals surface area contributed by atoms with Crippen LogP contribution < -0.4 is 14.8 Å². The average Bonchev–Trinajstić information content (AvgIpc) is 2.85. The number of hydrogen-bond acceptors (Lipinski definition) is 5. The summed E-state index contributed by atoms with van der Waals surface area (Å²) >= 11 is 0. The summed E-state index contributed by atoms with van der Waals surface area (Å²) in [6.45, 7) is 2.76. The van der Waals surface area contributed by atoms with E-state index in [-0.39, 0.29) is 23.5 Å². The fraction of sp³-hybridized carbons (Fsp3) is 0.308. The number of pyridine rings is 1. The fourth-order valence-corrected chi connectivity index (χ4v) is 3.95. The lowest BCUT2D eigenvalue weighted by Gasteiger charge is -2.32. The van der Waals surface area contributed by atoms with Gasteiger partial charge < -0.3 is 14.8 Å². The van der Waals surface area contributed by atoms with Crippen molar-refractivity contribution in [3.8, 4) is 11.5 Å². The molecule has 1 fully saturated rings. The largest absolute Gasteiger partial charge is 0.494 e. The monoisotopic (exact) mass is 449 g/mol. The summed E-state index contributed by atoms with van der Waals surface area (Å²) in [5.74, 6) is 0.459. The van der Waals surface area contributed by atoms with Gasteiger partial charge in [0.1, 0.15) is 12.4 Å². The molecular weight excluding hydrogens is 421 g/mol. The van der Waals surface area contributed by atoms with Gasteiger partial charge in [-0.15, -0.1) is 0 Å². The predicted molar refractivity (Wildman–Crippen MR) is 124 cm³/mol. The SMILES string of the molecule is COc1ccc(CN2CCC(NC(=O)c3cccc(OCc4cccnc4)c3)CC2)cc1F. The number of nitrogens with zero attached hydrogens (tertiary/aromatic N) is 2. The molecule has 1 amide bonds. The number of carbonyl (C=O) groups excluding carboxylic acids is 1. The summed E-state index contributed by atoms with van der Waals surface area (Å²) in [4.78, 5) is 19.1. The molecule has 1 aromatic heterocycles. The van der Waals surface area contributed by atoms with Gasteiger partial charge in [0.15, 0.2) is 11.6 Å². The van der Waals surface area contributed by atoms with Crippen molar-refractivity contribution < 1.29 is 18.7 Å². The van der Waals surface area contributed by atoms with Gasteiger partial charge in [0.25, 0.3) is 5.91 Å². The maximum absolute atomic E-state index is 13.9. The third kappa shape index (κ3) is 6.29. The number of benzene rings is 2. The first-order valence-corrected chi connectivity index (χ1v) is 11.1. The molecule has 1 aliphatic heterocycles. The van der Waals surface area contributed by atoms with E-state index in [4.69, 9.17) is 9.47 Å². The van der Waals surface area contributed by atoms with Crippen LogP contribution in [0.2, 0.25) is 0 Å². The summed E-state index contributed by atoms with van der Waals surface area (Å²) in [5, 5.41) is 3.14. The lowest BCUT2D eigenvalue weighted by atomic mass is 10.0.